The van der Waals surface area contributed by atoms with Crippen molar-refractivity contribution in [2.24, 2.45) is 10.7 Å². The van der Waals surface area contributed by atoms with Gasteiger partial charge in [0.1, 0.15) is 5.76 Å². The van der Waals surface area contributed by atoms with E-state index in [2.05, 4.69) is 34.4 Å². The molecule has 31 heavy (non-hydrogen) atoms. The van der Waals surface area contributed by atoms with Crippen molar-refractivity contribution < 1.29 is 13.9 Å². The largest absolute Gasteiger partial charge is 0.493 e. The molecule has 2 aromatic carbocycles. The molecule has 0 amide bonds. The van der Waals surface area contributed by atoms with Crippen LogP contribution in [0.25, 0.3) is 0 Å². The lowest BCUT2D eigenvalue weighted by Crippen LogP contribution is -2.23. The van der Waals surface area contributed by atoms with Crippen LogP contribution in [0.4, 0.5) is 5.69 Å². The highest BCUT2D eigenvalue weighted by Gasteiger charge is 2.08. The number of furan rings is 1. The molecule has 7 nitrogen and oxygen atoms in total. The van der Waals surface area contributed by atoms with Crippen LogP contribution in [0.1, 0.15) is 16.9 Å². The van der Waals surface area contributed by atoms with E-state index in [-0.39, 0.29) is 24.0 Å². The number of anilines is 1. The van der Waals surface area contributed by atoms with Crippen molar-refractivity contribution in [2.75, 3.05) is 26.6 Å². The Hall–Kier alpha value is -2.72. The third-order valence-corrected chi connectivity index (χ3v) is 4.64. The van der Waals surface area contributed by atoms with E-state index in [1.807, 2.05) is 42.5 Å². The van der Waals surface area contributed by atoms with Crippen LogP contribution >= 0.6 is 24.0 Å². The average Bonchev–Trinajstić information content (AvgIpc) is 3.25. The van der Waals surface area contributed by atoms with Crippen LogP contribution in [0.2, 0.25) is 0 Å². The molecule has 0 saturated carbocycles. The smallest absolute Gasteiger partial charge is 0.193 e. The Balaban J connectivity index is 0.00000341. The van der Waals surface area contributed by atoms with Gasteiger partial charge in [0.05, 0.1) is 33.6 Å². The molecule has 1 heterocycles. The molecule has 0 aliphatic carbocycles. The average molecular weight is 536 g/mol. The molecule has 3 rings (SSSR count). The third-order valence-electron chi connectivity index (χ3n) is 4.64. The Labute approximate surface area is 200 Å². The molecule has 0 atom stereocenters. The Morgan fingerprint density at radius 1 is 1.00 bits per heavy atom. The summed E-state index contributed by atoms with van der Waals surface area (Å²) in [5.41, 5.74) is 9.21. The maximum atomic E-state index is 6.10. The van der Waals surface area contributed by atoms with Crippen molar-refractivity contribution in [1.82, 2.24) is 4.90 Å². The first-order valence-corrected chi connectivity index (χ1v) is 9.65. The number of hydrogen-bond donors (Lipinski definition) is 2. The molecule has 0 unspecified atom stereocenters. The normalized spacial score (nSPS) is 11.2. The summed E-state index contributed by atoms with van der Waals surface area (Å²) in [6.07, 6.45) is 1.69. The first-order valence-electron chi connectivity index (χ1n) is 9.65. The SMILES string of the molecule is COc1ccc(NC(N)=NCc2ccccc2CN(C)Cc2ccco2)cc1OC.I. The number of nitrogens with zero attached hydrogens (tertiary/aromatic N) is 2. The summed E-state index contributed by atoms with van der Waals surface area (Å²) < 4.78 is 16.0. The summed E-state index contributed by atoms with van der Waals surface area (Å²) in [7, 11) is 5.26. The minimum Gasteiger partial charge on any atom is -0.493 e. The Kier molecular flexibility index (Phi) is 9.67. The predicted octanol–water partition coefficient (Wildman–Crippen LogP) is 4.47. The molecule has 0 fully saturated rings. The summed E-state index contributed by atoms with van der Waals surface area (Å²) in [6, 6.07) is 17.6. The number of halogens is 1. The zero-order chi connectivity index (χ0) is 21.3. The fourth-order valence-corrected chi connectivity index (χ4v) is 3.15. The van der Waals surface area contributed by atoms with Gasteiger partial charge < -0.3 is 24.9 Å². The fourth-order valence-electron chi connectivity index (χ4n) is 3.15. The maximum absolute atomic E-state index is 6.10. The monoisotopic (exact) mass is 536 g/mol. The lowest BCUT2D eigenvalue weighted by Gasteiger charge is -2.17. The molecular formula is C23H29IN4O3. The minimum atomic E-state index is 0. The van der Waals surface area contributed by atoms with Gasteiger partial charge >= 0.3 is 0 Å². The highest BCUT2D eigenvalue weighted by molar-refractivity contribution is 14.0. The number of guanidine groups is 1. The van der Waals surface area contributed by atoms with Crippen LogP contribution < -0.4 is 20.5 Å². The lowest BCUT2D eigenvalue weighted by atomic mass is 10.1. The summed E-state index contributed by atoms with van der Waals surface area (Å²) in [6.45, 7) is 2.01. The predicted molar refractivity (Wildman–Crippen MR) is 134 cm³/mol. The van der Waals surface area contributed by atoms with Gasteiger partial charge in [-0.25, -0.2) is 4.99 Å². The number of ether oxygens (including phenoxy) is 2. The van der Waals surface area contributed by atoms with E-state index in [0.29, 0.717) is 24.0 Å². The summed E-state index contributed by atoms with van der Waals surface area (Å²) in [4.78, 5) is 6.71. The molecular weight excluding hydrogens is 507 g/mol. The molecule has 0 spiro atoms. The Morgan fingerprint density at radius 3 is 2.42 bits per heavy atom. The molecule has 8 heteroatoms. The van der Waals surface area contributed by atoms with Gasteiger partial charge in [0.25, 0.3) is 0 Å². The second-order valence-corrected chi connectivity index (χ2v) is 6.92. The van der Waals surface area contributed by atoms with Crippen LogP contribution in [0, 0.1) is 0 Å². The van der Waals surface area contributed by atoms with Crippen molar-refractivity contribution in [3.8, 4) is 11.5 Å². The Bertz CT molecular complexity index is 977. The molecule has 0 bridgehead atoms. The van der Waals surface area contributed by atoms with Crippen LogP contribution in [0.3, 0.4) is 0 Å². The van der Waals surface area contributed by atoms with E-state index >= 15 is 0 Å². The van der Waals surface area contributed by atoms with Crippen molar-refractivity contribution >= 4 is 35.6 Å². The van der Waals surface area contributed by atoms with Gasteiger partial charge in [0.2, 0.25) is 0 Å². The van der Waals surface area contributed by atoms with Crippen molar-refractivity contribution in [3.63, 3.8) is 0 Å². The minimum absolute atomic E-state index is 0. The molecule has 0 saturated heterocycles. The van der Waals surface area contributed by atoms with Crippen LogP contribution in [0.15, 0.2) is 70.3 Å². The number of methoxy groups -OCH3 is 2. The number of nitrogens with one attached hydrogen (secondary N) is 1. The standard InChI is InChI=1S/C23H28N4O3.HI/c1-27(16-20-9-6-12-30-20)15-18-8-5-4-7-17(18)14-25-23(24)26-19-10-11-21(28-2)22(13-19)29-3;/h4-13H,14-16H2,1-3H3,(H3,24,25,26);1H. The van der Waals surface area contributed by atoms with E-state index in [1.165, 1.54) is 5.56 Å². The molecule has 0 aliphatic rings. The number of aliphatic imine (C=N–C) groups is 1. The van der Waals surface area contributed by atoms with Crippen molar-refractivity contribution in [2.45, 2.75) is 19.6 Å². The van der Waals surface area contributed by atoms with Gasteiger partial charge in [-0.2, -0.15) is 0 Å². The second-order valence-electron chi connectivity index (χ2n) is 6.92. The van der Waals surface area contributed by atoms with Gasteiger partial charge in [0.15, 0.2) is 17.5 Å². The third kappa shape index (κ3) is 7.18. The quantitative estimate of drug-likeness (QED) is 0.239. The number of nitrogens with two attached hydrogens (primary N) is 1. The van der Waals surface area contributed by atoms with Gasteiger partial charge in [-0.15, -0.1) is 24.0 Å². The molecule has 3 N–H and O–H groups in total. The second kappa shape index (κ2) is 12.2. The molecule has 3 aromatic rings. The molecule has 0 aliphatic heterocycles. The maximum Gasteiger partial charge on any atom is 0.193 e. The highest BCUT2D eigenvalue weighted by atomic mass is 127. The van der Waals surface area contributed by atoms with Crippen molar-refractivity contribution in [3.05, 3.63) is 77.7 Å². The number of rotatable bonds is 9. The topological polar surface area (TPSA) is 85.3 Å². The Morgan fingerprint density at radius 2 is 1.74 bits per heavy atom. The van der Waals surface area contributed by atoms with E-state index in [0.717, 1.165) is 30.1 Å². The van der Waals surface area contributed by atoms with E-state index in [1.54, 1.807) is 20.5 Å². The summed E-state index contributed by atoms with van der Waals surface area (Å²) in [5.74, 6) is 2.56. The van der Waals surface area contributed by atoms with Crippen molar-refractivity contribution in [1.29, 1.82) is 0 Å². The lowest BCUT2D eigenvalue weighted by molar-refractivity contribution is 0.287. The first-order chi connectivity index (χ1) is 14.6. The van der Waals surface area contributed by atoms with Crippen LogP contribution in [-0.4, -0.2) is 32.1 Å². The van der Waals surface area contributed by atoms with Crippen LogP contribution in [-0.2, 0) is 19.6 Å². The zero-order valence-corrected chi connectivity index (χ0v) is 20.3. The molecule has 166 valence electrons. The van der Waals surface area contributed by atoms with E-state index in [9.17, 15) is 0 Å². The highest BCUT2D eigenvalue weighted by Crippen LogP contribution is 2.29. The number of benzene rings is 2. The fraction of sp³-hybridized carbons (Fsp3) is 0.261. The van der Waals surface area contributed by atoms with Crippen LogP contribution in [0.5, 0.6) is 11.5 Å². The summed E-state index contributed by atoms with van der Waals surface area (Å²) in [5, 5.41) is 3.10. The molecule has 1 aromatic heterocycles. The van der Waals surface area contributed by atoms with Gasteiger partial charge in [0, 0.05) is 18.3 Å². The van der Waals surface area contributed by atoms with E-state index < -0.39 is 0 Å². The van der Waals surface area contributed by atoms with E-state index in [4.69, 9.17) is 19.6 Å². The van der Waals surface area contributed by atoms with Gasteiger partial charge in [-0.05, 0) is 42.4 Å². The zero-order valence-electron chi connectivity index (χ0n) is 18.0. The van der Waals surface area contributed by atoms with Gasteiger partial charge in [-0.3, -0.25) is 4.90 Å². The molecule has 0 radical (unpaired) electrons. The number of hydrogen-bond acceptors (Lipinski definition) is 5. The summed E-state index contributed by atoms with van der Waals surface area (Å²) >= 11 is 0. The van der Waals surface area contributed by atoms with Gasteiger partial charge in [-0.1, -0.05) is 24.3 Å². The first kappa shape index (κ1) is 24.5.